The van der Waals surface area contributed by atoms with Crippen molar-refractivity contribution in [2.45, 2.75) is 13.8 Å². The van der Waals surface area contributed by atoms with Gasteiger partial charge in [0.25, 0.3) is 0 Å². The van der Waals surface area contributed by atoms with Gasteiger partial charge in [0, 0.05) is 4.47 Å². The number of hydrogen-bond acceptors (Lipinski definition) is 1. The van der Waals surface area contributed by atoms with Gasteiger partial charge in [0.15, 0.2) is 0 Å². The highest BCUT2D eigenvalue weighted by atomic mass is 79.9. The minimum absolute atomic E-state index is 0.128. The SMILES string of the molecule is C=C(C(=O)O)c1ccc(C)c(Br)c1C. The van der Waals surface area contributed by atoms with E-state index in [1.54, 1.807) is 6.07 Å². The molecule has 2 nitrogen and oxygen atoms in total. The van der Waals surface area contributed by atoms with E-state index in [1.165, 1.54) is 0 Å². The molecule has 0 aliphatic heterocycles. The third-order valence-corrected chi connectivity index (χ3v) is 3.38. The Bertz CT molecular complexity index is 408. The van der Waals surface area contributed by atoms with Crippen molar-refractivity contribution in [3.8, 4) is 0 Å². The van der Waals surface area contributed by atoms with Crippen molar-refractivity contribution in [2.24, 2.45) is 0 Å². The van der Waals surface area contributed by atoms with Crippen LogP contribution in [0, 0.1) is 13.8 Å². The standard InChI is InChI=1S/C11H11BrO2/c1-6-4-5-9(7(2)10(6)12)8(3)11(13)14/h4-5H,3H2,1-2H3,(H,13,14). The highest BCUT2D eigenvalue weighted by Crippen LogP contribution is 2.27. The first-order valence-electron chi connectivity index (χ1n) is 4.13. The van der Waals surface area contributed by atoms with Crippen LogP contribution in [-0.2, 0) is 4.79 Å². The highest BCUT2D eigenvalue weighted by molar-refractivity contribution is 9.10. The number of carbonyl (C=O) groups is 1. The van der Waals surface area contributed by atoms with E-state index in [-0.39, 0.29) is 5.57 Å². The molecule has 0 fully saturated rings. The lowest BCUT2D eigenvalue weighted by Gasteiger charge is -2.09. The molecular weight excluding hydrogens is 244 g/mol. The lowest BCUT2D eigenvalue weighted by molar-refractivity contribution is -0.130. The average Bonchev–Trinajstić information content (AvgIpc) is 2.13. The molecule has 0 aliphatic rings. The second kappa shape index (κ2) is 3.96. The van der Waals surface area contributed by atoms with E-state index >= 15 is 0 Å². The molecule has 0 spiro atoms. The lowest BCUT2D eigenvalue weighted by Crippen LogP contribution is -2.00. The van der Waals surface area contributed by atoms with Crippen molar-refractivity contribution in [2.75, 3.05) is 0 Å². The van der Waals surface area contributed by atoms with Crippen molar-refractivity contribution in [1.29, 1.82) is 0 Å². The highest BCUT2D eigenvalue weighted by Gasteiger charge is 2.12. The molecular formula is C11H11BrO2. The quantitative estimate of drug-likeness (QED) is 0.824. The molecule has 0 heterocycles. The third-order valence-electron chi connectivity index (χ3n) is 2.16. The van der Waals surface area contributed by atoms with Gasteiger partial charge in [-0.2, -0.15) is 0 Å². The van der Waals surface area contributed by atoms with Crippen molar-refractivity contribution in [1.82, 2.24) is 0 Å². The molecule has 1 rings (SSSR count). The zero-order valence-electron chi connectivity index (χ0n) is 8.10. The minimum Gasteiger partial charge on any atom is -0.478 e. The van der Waals surface area contributed by atoms with Crippen LogP contribution in [-0.4, -0.2) is 11.1 Å². The number of halogens is 1. The molecule has 0 saturated heterocycles. The number of hydrogen-bond donors (Lipinski definition) is 1. The molecule has 0 radical (unpaired) electrons. The Kier molecular flexibility index (Phi) is 3.11. The number of aliphatic carboxylic acids is 1. The van der Waals surface area contributed by atoms with Crippen LogP contribution < -0.4 is 0 Å². The van der Waals surface area contributed by atoms with E-state index < -0.39 is 5.97 Å². The van der Waals surface area contributed by atoms with Crippen molar-refractivity contribution in [3.63, 3.8) is 0 Å². The molecule has 0 aliphatic carbocycles. The number of benzene rings is 1. The molecule has 0 atom stereocenters. The maximum Gasteiger partial charge on any atom is 0.335 e. The van der Waals surface area contributed by atoms with E-state index in [9.17, 15) is 4.79 Å². The monoisotopic (exact) mass is 254 g/mol. The van der Waals surface area contributed by atoms with E-state index in [2.05, 4.69) is 22.5 Å². The Labute approximate surface area is 91.4 Å². The summed E-state index contributed by atoms with van der Waals surface area (Å²) in [6.45, 7) is 7.37. The summed E-state index contributed by atoms with van der Waals surface area (Å²) < 4.78 is 0.942. The third kappa shape index (κ3) is 1.87. The first kappa shape index (κ1) is 11.0. The molecule has 0 saturated carbocycles. The van der Waals surface area contributed by atoms with E-state index in [1.807, 2.05) is 19.9 Å². The predicted octanol–water partition coefficient (Wildman–Crippen LogP) is 3.16. The lowest BCUT2D eigenvalue weighted by atomic mass is 10.00. The molecule has 0 aromatic heterocycles. The predicted molar refractivity (Wildman–Crippen MR) is 60.3 cm³/mol. The summed E-state index contributed by atoms with van der Waals surface area (Å²) in [5.41, 5.74) is 2.81. The number of carboxylic acid groups (broad SMARTS) is 1. The second-order valence-corrected chi connectivity index (χ2v) is 3.95. The number of aryl methyl sites for hydroxylation is 1. The van der Waals surface area contributed by atoms with E-state index in [4.69, 9.17) is 5.11 Å². The first-order chi connectivity index (χ1) is 6.45. The van der Waals surface area contributed by atoms with Gasteiger partial charge < -0.3 is 5.11 Å². The zero-order chi connectivity index (χ0) is 10.9. The van der Waals surface area contributed by atoms with Gasteiger partial charge in [-0.1, -0.05) is 34.6 Å². The molecule has 1 N–H and O–H groups in total. The molecule has 14 heavy (non-hydrogen) atoms. The number of rotatable bonds is 2. The minimum atomic E-state index is -0.983. The van der Waals surface area contributed by atoms with Crippen LogP contribution in [0.4, 0.5) is 0 Å². The van der Waals surface area contributed by atoms with Gasteiger partial charge in [-0.3, -0.25) is 0 Å². The summed E-state index contributed by atoms with van der Waals surface area (Å²) in [4.78, 5) is 10.7. The van der Waals surface area contributed by atoms with Crippen LogP contribution in [0.15, 0.2) is 23.2 Å². The Hall–Kier alpha value is -1.09. The van der Waals surface area contributed by atoms with Gasteiger partial charge in [0.05, 0.1) is 5.57 Å². The van der Waals surface area contributed by atoms with Gasteiger partial charge >= 0.3 is 5.97 Å². The summed E-state index contributed by atoms with van der Waals surface area (Å²) >= 11 is 3.41. The summed E-state index contributed by atoms with van der Waals surface area (Å²) in [5, 5.41) is 8.81. The maximum atomic E-state index is 10.7. The number of carboxylic acids is 1. The van der Waals surface area contributed by atoms with Crippen LogP contribution in [0.1, 0.15) is 16.7 Å². The molecule has 0 unspecified atom stereocenters. The Balaban J connectivity index is 3.31. The summed E-state index contributed by atoms with van der Waals surface area (Å²) in [5.74, 6) is -0.983. The van der Waals surface area contributed by atoms with Gasteiger partial charge in [0.2, 0.25) is 0 Å². The smallest absolute Gasteiger partial charge is 0.335 e. The fourth-order valence-corrected chi connectivity index (χ4v) is 1.61. The molecule has 1 aromatic carbocycles. The topological polar surface area (TPSA) is 37.3 Å². The Morgan fingerprint density at radius 3 is 2.50 bits per heavy atom. The molecule has 74 valence electrons. The van der Waals surface area contributed by atoms with Crippen LogP contribution in [0.25, 0.3) is 5.57 Å². The van der Waals surface area contributed by atoms with Crippen molar-refractivity contribution in [3.05, 3.63) is 39.9 Å². The van der Waals surface area contributed by atoms with Gasteiger partial charge in [0.1, 0.15) is 0 Å². The molecule has 0 bridgehead atoms. The molecule has 0 amide bonds. The zero-order valence-corrected chi connectivity index (χ0v) is 9.68. The van der Waals surface area contributed by atoms with Crippen LogP contribution >= 0.6 is 15.9 Å². The Morgan fingerprint density at radius 1 is 1.43 bits per heavy atom. The van der Waals surface area contributed by atoms with Crippen molar-refractivity contribution >= 4 is 27.5 Å². The van der Waals surface area contributed by atoms with Gasteiger partial charge in [-0.15, -0.1) is 0 Å². The fraction of sp³-hybridized carbons (Fsp3) is 0.182. The van der Waals surface area contributed by atoms with Crippen LogP contribution in [0.3, 0.4) is 0 Å². The largest absolute Gasteiger partial charge is 0.478 e. The summed E-state index contributed by atoms with van der Waals surface area (Å²) in [6.07, 6.45) is 0. The van der Waals surface area contributed by atoms with Crippen LogP contribution in [0.2, 0.25) is 0 Å². The van der Waals surface area contributed by atoms with E-state index in [0.717, 1.165) is 15.6 Å². The van der Waals surface area contributed by atoms with Crippen molar-refractivity contribution < 1.29 is 9.90 Å². The first-order valence-corrected chi connectivity index (χ1v) is 4.92. The fourth-order valence-electron chi connectivity index (χ4n) is 1.26. The maximum absolute atomic E-state index is 10.7. The van der Waals surface area contributed by atoms with E-state index in [0.29, 0.717) is 5.56 Å². The van der Waals surface area contributed by atoms with Gasteiger partial charge in [-0.25, -0.2) is 4.79 Å². The summed E-state index contributed by atoms with van der Waals surface area (Å²) in [7, 11) is 0. The normalized spacial score (nSPS) is 9.93. The average molecular weight is 255 g/mol. The van der Waals surface area contributed by atoms with Gasteiger partial charge in [-0.05, 0) is 30.5 Å². The molecule has 1 aromatic rings. The van der Waals surface area contributed by atoms with Crippen LogP contribution in [0.5, 0.6) is 0 Å². The second-order valence-electron chi connectivity index (χ2n) is 3.15. The summed E-state index contributed by atoms with van der Waals surface area (Å²) in [6, 6.07) is 3.66. The molecule has 3 heteroatoms. The Morgan fingerprint density at radius 2 is 2.00 bits per heavy atom.